The summed E-state index contributed by atoms with van der Waals surface area (Å²) in [7, 11) is 0. The zero-order valence-electron chi connectivity index (χ0n) is 20.0. The number of carbonyl (C=O) groups is 2. The molecule has 0 spiro atoms. The van der Waals surface area contributed by atoms with Crippen molar-refractivity contribution in [3.05, 3.63) is 65.2 Å². The molecule has 2 aromatic rings. The van der Waals surface area contributed by atoms with E-state index in [2.05, 4.69) is 11.8 Å². The van der Waals surface area contributed by atoms with Crippen LogP contribution in [0.5, 0.6) is 11.5 Å². The average molecular weight is 481 g/mol. The zero-order chi connectivity index (χ0) is 24.8. The minimum absolute atomic E-state index is 0.0355. The highest BCUT2D eigenvalue weighted by molar-refractivity contribution is 6.46. The first-order chi connectivity index (χ1) is 17.0. The first-order valence-corrected chi connectivity index (χ1v) is 12.1. The molecule has 0 aliphatic carbocycles. The lowest BCUT2D eigenvalue weighted by atomic mass is 9.95. The van der Waals surface area contributed by atoms with Gasteiger partial charge < -0.3 is 24.6 Å². The van der Waals surface area contributed by atoms with E-state index in [4.69, 9.17) is 9.47 Å². The van der Waals surface area contributed by atoms with Gasteiger partial charge in [0.1, 0.15) is 17.3 Å². The molecule has 1 atom stereocenters. The van der Waals surface area contributed by atoms with Gasteiger partial charge in [0.15, 0.2) is 0 Å². The van der Waals surface area contributed by atoms with Crippen LogP contribution in [0.15, 0.2) is 54.1 Å². The third-order valence-electron chi connectivity index (χ3n) is 6.38. The number of morpholine rings is 1. The van der Waals surface area contributed by atoms with Gasteiger partial charge in [0.25, 0.3) is 11.7 Å². The molecule has 2 aromatic carbocycles. The summed E-state index contributed by atoms with van der Waals surface area (Å²) >= 11 is 0. The Bertz CT molecular complexity index is 1080. The van der Waals surface area contributed by atoms with Crippen LogP contribution in [0.3, 0.4) is 0 Å². The van der Waals surface area contributed by atoms with Crippen molar-refractivity contribution < 1.29 is 29.3 Å². The molecular weight excluding hydrogens is 448 g/mol. The van der Waals surface area contributed by atoms with E-state index < -0.39 is 17.7 Å². The van der Waals surface area contributed by atoms with Crippen molar-refractivity contribution in [1.82, 2.24) is 9.80 Å². The Balaban J connectivity index is 1.68. The zero-order valence-corrected chi connectivity index (χ0v) is 20.0. The summed E-state index contributed by atoms with van der Waals surface area (Å²) in [5.74, 6) is -0.939. The van der Waals surface area contributed by atoms with E-state index in [1.165, 1.54) is 17.0 Å². The topological polar surface area (TPSA) is 99.5 Å². The Labute approximate surface area is 205 Å². The minimum Gasteiger partial charge on any atom is -0.508 e. The Kier molecular flexibility index (Phi) is 8.05. The molecule has 35 heavy (non-hydrogen) atoms. The summed E-state index contributed by atoms with van der Waals surface area (Å²) in [5, 5.41) is 21.0. The number of aliphatic hydroxyl groups is 1. The maximum Gasteiger partial charge on any atom is 0.295 e. The van der Waals surface area contributed by atoms with Gasteiger partial charge in [-0.25, -0.2) is 0 Å². The number of likely N-dealkylation sites (tertiary alicyclic amines) is 1. The van der Waals surface area contributed by atoms with Crippen LogP contribution in [0.2, 0.25) is 0 Å². The standard InChI is InChI=1S/C27H32N2O6/c1-2-3-15-35-22-6-4-5-20(18-22)25(31)23-24(19-7-9-21(30)10-8-19)29(27(33)26(23)32)12-11-28-13-16-34-17-14-28/h4-10,18,24,30-31H,2-3,11-17H2,1H3/b25-23+. The summed E-state index contributed by atoms with van der Waals surface area (Å²) in [6.07, 6.45) is 1.91. The Morgan fingerprint density at radius 1 is 1.09 bits per heavy atom. The molecule has 2 aliphatic heterocycles. The second kappa shape index (κ2) is 11.4. The van der Waals surface area contributed by atoms with Gasteiger partial charge in [-0.2, -0.15) is 0 Å². The predicted molar refractivity (Wildman–Crippen MR) is 131 cm³/mol. The summed E-state index contributed by atoms with van der Waals surface area (Å²) in [5.41, 5.74) is 1.09. The quantitative estimate of drug-likeness (QED) is 0.246. The maximum atomic E-state index is 13.2. The fourth-order valence-electron chi connectivity index (χ4n) is 4.41. The van der Waals surface area contributed by atoms with Gasteiger partial charge in [-0.05, 0) is 36.2 Å². The molecule has 2 fully saturated rings. The predicted octanol–water partition coefficient (Wildman–Crippen LogP) is 3.33. The van der Waals surface area contributed by atoms with Crippen LogP contribution in [-0.2, 0) is 14.3 Å². The van der Waals surface area contributed by atoms with Crippen molar-refractivity contribution in [2.24, 2.45) is 0 Å². The number of aliphatic hydroxyl groups excluding tert-OH is 1. The van der Waals surface area contributed by atoms with E-state index in [1.54, 1.807) is 36.4 Å². The van der Waals surface area contributed by atoms with Crippen LogP contribution in [0.25, 0.3) is 5.76 Å². The second-order valence-corrected chi connectivity index (χ2v) is 8.77. The van der Waals surface area contributed by atoms with Crippen molar-refractivity contribution in [1.29, 1.82) is 0 Å². The van der Waals surface area contributed by atoms with Crippen molar-refractivity contribution in [2.75, 3.05) is 46.0 Å². The molecule has 1 amide bonds. The Morgan fingerprint density at radius 3 is 2.54 bits per heavy atom. The van der Waals surface area contributed by atoms with Crippen LogP contribution < -0.4 is 4.74 Å². The number of carbonyl (C=O) groups excluding carboxylic acids is 2. The van der Waals surface area contributed by atoms with Crippen LogP contribution >= 0.6 is 0 Å². The van der Waals surface area contributed by atoms with Crippen molar-refractivity contribution >= 4 is 17.4 Å². The summed E-state index contributed by atoms with van der Waals surface area (Å²) < 4.78 is 11.2. The van der Waals surface area contributed by atoms with Crippen LogP contribution in [0, 0.1) is 0 Å². The molecule has 0 saturated carbocycles. The Hall–Kier alpha value is -3.36. The number of aromatic hydroxyl groups is 1. The third-order valence-corrected chi connectivity index (χ3v) is 6.38. The van der Waals surface area contributed by atoms with Crippen molar-refractivity contribution in [3.63, 3.8) is 0 Å². The molecule has 8 heteroatoms. The molecule has 2 aliphatic rings. The number of rotatable bonds is 9. The van der Waals surface area contributed by atoms with Crippen LogP contribution in [0.4, 0.5) is 0 Å². The average Bonchev–Trinajstić information content (AvgIpc) is 3.13. The minimum atomic E-state index is -0.763. The van der Waals surface area contributed by atoms with Gasteiger partial charge in [0.2, 0.25) is 0 Å². The highest BCUT2D eigenvalue weighted by Crippen LogP contribution is 2.40. The second-order valence-electron chi connectivity index (χ2n) is 8.77. The van der Waals surface area contributed by atoms with Crippen molar-refractivity contribution in [3.8, 4) is 11.5 Å². The first-order valence-electron chi connectivity index (χ1n) is 12.1. The fourth-order valence-corrected chi connectivity index (χ4v) is 4.41. The van der Waals surface area contributed by atoms with E-state index in [0.29, 0.717) is 49.8 Å². The van der Waals surface area contributed by atoms with E-state index in [1.807, 2.05) is 0 Å². The molecule has 2 saturated heterocycles. The number of nitrogens with zero attached hydrogens (tertiary/aromatic N) is 2. The Morgan fingerprint density at radius 2 is 1.83 bits per heavy atom. The SMILES string of the molecule is CCCCOc1cccc(/C(O)=C2\C(=O)C(=O)N(CCN3CCOCC3)C2c2ccc(O)cc2)c1. The van der Waals surface area contributed by atoms with Gasteiger partial charge in [0.05, 0.1) is 31.4 Å². The molecule has 1 unspecified atom stereocenters. The summed E-state index contributed by atoms with van der Waals surface area (Å²) in [6.45, 7) is 6.34. The third kappa shape index (κ3) is 5.66. The van der Waals surface area contributed by atoms with Gasteiger partial charge in [-0.3, -0.25) is 14.5 Å². The molecule has 0 radical (unpaired) electrons. The van der Waals surface area contributed by atoms with Gasteiger partial charge >= 0.3 is 0 Å². The summed E-state index contributed by atoms with van der Waals surface area (Å²) in [6, 6.07) is 12.5. The summed E-state index contributed by atoms with van der Waals surface area (Å²) in [4.78, 5) is 30.0. The molecule has 2 N–H and O–H groups in total. The monoisotopic (exact) mass is 480 g/mol. The molecule has 8 nitrogen and oxygen atoms in total. The molecule has 0 bridgehead atoms. The highest BCUT2D eigenvalue weighted by atomic mass is 16.5. The number of phenolic OH excluding ortho intramolecular Hbond substituents is 1. The molecule has 4 rings (SSSR count). The molecule has 186 valence electrons. The number of Topliss-reactive ketones (excluding diaryl/α,β-unsaturated/α-hetero) is 1. The normalized spacial score (nSPS) is 20.4. The number of unbranched alkanes of at least 4 members (excludes halogenated alkanes) is 1. The van der Waals surface area contributed by atoms with Gasteiger partial charge in [-0.1, -0.05) is 37.6 Å². The number of amides is 1. The van der Waals surface area contributed by atoms with E-state index in [9.17, 15) is 19.8 Å². The van der Waals surface area contributed by atoms with Crippen molar-refractivity contribution in [2.45, 2.75) is 25.8 Å². The van der Waals surface area contributed by atoms with Crippen LogP contribution in [-0.4, -0.2) is 77.7 Å². The fraction of sp³-hybridized carbons (Fsp3) is 0.407. The highest BCUT2D eigenvalue weighted by Gasteiger charge is 2.46. The molecule has 2 heterocycles. The van der Waals surface area contributed by atoms with Crippen LogP contribution in [0.1, 0.15) is 36.9 Å². The first kappa shape index (κ1) is 24.8. The van der Waals surface area contributed by atoms with Gasteiger partial charge in [-0.15, -0.1) is 0 Å². The smallest absolute Gasteiger partial charge is 0.295 e. The number of ketones is 1. The van der Waals surface area contributed by atoms with E-state index in [-0.39, 0.29) is 17.1 Å². The lowest BCUT2D eigenvalue weighted by Gasteiger charge is -2.31. The number of phenols is 1. The largest absolute Gasteiger partial charge is 0.508 e. The number of ether oxygens (including phenoxy) is 2. The lowest BCUT2D eigenvalue weighted by molar-refractivity contribution is -0.140. The van der Waals surface area contributed by atoms with E-state index in [0.717, 1.165) is 25.9 Å². The number of hydrogen-bond donors (Lipinski definition) is 2. The van der Waals surface area contributed by atoms with E-state index >= 15 is 0 Å². The molecule has 0 aromatic heterocycles. The lowest BCUT2D eigenvalue weighted by Crippen LogP contribution is -2.42. The number of hydrogen-bond acceptors (Lipinski definition) is 7. The maximum absolute atomic E-state index is 13.2. The van der Waals surface area contributed by atoms with Gasteiger partial charge in [0, 0.05) is 31.7 Å². The molecular formula is C27H32N2O6. The number of benzene rings is 2.